The third-order valence-corrected chi connectivity index (χ3v) is 2.65. The second-order valence-electron chi connectivity index (χ2n) is 4.04. The molecule has 1 aliphatic rings. The fraction of sp³-hybridized carbons (Fsp3) is 0.600. The molecule has 2 rings (SSSR count). The lowest BCUT2D eigenvalue weighted by molar-refractivity contribution is 0.306. The molecule has 0 atom stereocenters. The maximum Gasteiger partial charge on any atom is 0.132 e. The van der Waals surface area contributed by atoms with Crippen LogP contribution < -0.4 is 10.6 Å². The van der Waals surface area contributed by atoms with Crippen molar-refractivity contribution in [2.45, 2.75) is 25.3 Å². The molecular formula is C10H16N4. The average molecular weight is 192 g/mol. The molecule has 1 aromatic heterocycles. The Morgan fingerprint density at radius 3 is 2.93 bits per heavy atom. The second kappa shape index (κ2) is 3.53. The minimum atomic E-state index is 0.0136. The number of hydrogen-bond acceptors (Lipinski definition) is 4. The van der Waals surface area contributed by atoms with Crippen molar-refractivity contribution < 1.29 is 0 Å². The number of nitrogens with zero attached hydrogens (tertiary/aromatic N) is 3. The standard InChI is InChI=1S/C10H16N4/c1-2-4-10(11)6-14(7-10)9-3-5-12-8-13-9/h3,5,8H,2,4,6-7,11H2,1H3. The number of aromatic nitrogens is 2. The topological polar surface area (TPSA) is 55.0 Å². The van der Waals surface area contributed by atoms with E-state index in [1.165, 1.54) is 0 Å². The van der Waals surface area contributed by atoms with Crippen molar-refractivity contribution >= 4 is 5.82 Å². The SMILES string of the molecule is CCCC1(N)CN(c2ccncn2)C1. The first-order valence-electron chi connectivity index (χ1n) is 5.03. The molecular weight excluding hydrogens is 176 g/mol. The molecule has 0 bridgehead atoms. The summed E-state index contributed by atoms with van der Waals surface area (Å²) in [6, 6.07) is 1.92. The van der Waals surface area contributed by atoms with E-state index in [2.05, 4.69) is 21.8 Å². The molecule has 0 aliphatic carbocycles. The van der Waals surface area contributed by atoms with Crippen LogP contribution in [0.5, 0.6) is 0 Å². The summed E-state index contributed by atoms with van der Waals surface area (Å²) >= 11 is 0. The molecule has 0 amide bonds. The molecule has 0 aromatic carbocycles. The van der Waals surface area contributed by atoms with Crippen LogP contribution in [0.25, 0.3) is 0 Å². The van der Waals surface area contributed by atoms with Crippen LogP contribution in [0.2, 0.25) is 0 Å². The highest BCUT2D eigenvalue weighted by atomic mass is 15.3. The van der Waals surface area contributed by atoms with Gasteiger partial charge in [-0.2, -0.15) is 0 Å². The minimum Gasteiger partial charge on any atom is -0.353 e. The van der Waals surface area contributed by atoms with Crippen LogP contribution in [0.3, 0.4) is 0 Å². The summed E-state index contributed by atoms with van der Waals surface area (Å²) in [5.41, 5.74) is 6.17. The highest BCUT2D eigenvalue weighted by molar-refractivity contribution is 5.43. The number of nitrogens with two attached hydrogens (primary N) is 1. The van der Waals surface area contributed by atoms with Crippen LogP contribution in [0.15, 0.2) is 18.6 Å². The van der Waals surface area contributed by atoms with Gasteiger partial charge in [-0.25, -0.2) is 9.97 Å². The van der Waals surface area contributed by atoms with Gasteiger partial charge in [-0.05, 0) is 12.5 Å². The van der Waals surface area contributed by atoms with Crippen molar-refractivity contribution in [3.8, 4) is 0 Å². The van der Waals surface area contributed by atoms with Gasteiger partial charge in [0.25, 0.3) is 0 Å². The van der Waals surface area contributed by atoms with Gasteiger partial charge in [0.15, 0.2) is 0 Å². The number of rotatable bonds is 3. The van der Waals surface area contributed by atoms with Crippen LogP contribution in [-0.4, -0.2) is 28.6 Å². The summed E-state index contributed by atoms with van der Waals surface area (Å²) < 4.78 is 0. The smallest absolute Gasteiger partial charge is 0.132 e. The lowest BCUT2D eigenvalue weighted by atomic mass is 9.86. The molecule has 4 nitrogen and oxygen atoms in total. The van der Waals surface area contributed by atoms with Gasteiger partial charge >= 0.3 is 0 Å². The summed E-state index contributed by atoms with van der Waals surface area (Å²) in [5, 5.41) is 0. The maximum absolute atomic E-state index is 6.16. The van der Waals surface area contributed by atoms with Crippen molar-refractivity contribution in [1.29, 1.82) is 0 Å². The summed E-state index contributed by atoms with van der Waals surface area (Å²) in [5.74, 6) is 0.983. The predicted octanol–water partition coefficient (Wildman–Crippen LogP) is 0.794. The Kier molecular flexibility index (Phi) is 2.37. The monoisotopic (exact) mass is 192 g/mol. The highest BCUT2D eigenvalue weighted by Crippen LogP contribution is 2.26. The molecule has 0 spiro atoms. The Morgan fingerprint density at radius 1 is 1.57 bits per heavy atom. The summed E-state index contributed by atoms with van der Waals surface area (Å²) in [6.45, 7) is 4.00. The van der Waals surface area contributed by atoms with Gasteiger partial charge in [0.1, 0.15) is 12.1 Å². The molecule has 14 heavy (non-hydrogen) atoms. The lowest BCUT2D eigenvalue weighted by Crippen LogP contribution is -2.67. The lowest BCUT2D eigenvalue weighted by Gasteiger charge is -2.48. The van der Waals surface area contributed by atoms with Crippen molar-refractivity contribution in [3.05, 3.63) is 18.6 Å². The van der Waals surface area contributed by atoms with E-state index in [0.717, 1.165) is 31.7 Å². The van der Waals surface area contributed by atoms with E-state index in [4.69, 9.17) is 5.73 Å². The van der Waals surface area contributed by atoms with Crippen molar-refractivity contribution in [3.63, 3.8) is 0 Å². The van der Waals surface area contributed by atoms with Gasteiger partial charge in [-0.15, -0.1) is 0 Å². The predicted molar refractivity (Wildman–Crippen MR) is 56.1 cm³/mol. The van der Waals surface area contributed by atoms with Crippen LogP contribution in [-0.2, 0) is 0 Å². The molecule has 1 fully saturated rings. The van der Waals surface area contributed by atoms with Gasteiger partial charge in [-0.3, -0.25) is 0 Å². The zero-order valence-corrected chi connectivity index (χ0v) is 8.48. The van der Waals surface area contributed by atoms with Crippen molar-refractivity contribution in [1.82, 2.24) is 9.97 Å². The zero-order valence-electron chi connectivity index (χ0n) is 8.48. The third-order valence-electron chi connectivity index (χ3n) is 2.65. The van der Waals surface area contributed by atoms with Crippen LogP contribution >= 0.6 is 0 Å². The molecule has 0 unspecified atom stereocenters. The maximum atomic E-state index is 6.16. The molecule has 1 aliphatic heterocycles. The zero-order chi connectivity index (χ0) is 10.0. The van der Waals surface area contributed by atoms with Crippen molar-refractivity contribution in [2.24, 2.45) is 5.73 Å². The second-order valence-corrected chi connectivity index (χ2v) is 4.04. The van der Waals surface area contributed by atoms with E-state index in [1.54, 1.807) is 12.5 Å². The Balaban J connectivity index is 1.95. The fourth-order valence-electron chi connectivity index (χ4n) is 2.00. The van der Waals surface area contributed by atoms with Gasteiger partial charge in [0.2, 0.25) is 0 Å². The normalized spacial score (nSPS) is 19.1. The molecule has 4 heteroatoms. The molecule has 1 aromatic rings. The highest BCUT2D eigenvalue weighted by Gasteiger charge is 2.38. The van der Waals surface area contributed by atoms with E-state index in [-0.39, 0.29) is 5.54 Å². The molecule has 76 valence electrons. The van der Waals surface area contributed by atoms with Gasteiger partial charge in [0.05, 0.1) is 5.54 Å². The molecule has 2 N–H and O–H groups in total. The first-order valence-corrected chi connectivity index (χ1v) is 5.03. The van der Waals surface area contributed by atoms with E-state index >= 15 is 0 Å². The summed E-state index contributed by atoms with van der Waals surface area (Å²) in [7, 11) is 0. The van der Waals surface area contributed by atoms with Gasteiger partial charge in [0, 0.05) is 19.3 Å². The summed E-state index contributed by atoms with van der Waals surface area (Å²) in [4.78, 5) is 10.3. The molecule has 0 saturated carbocycles. The molecule has 1 saturated heterocycles. The number of anilines is 1. The van der Waals surface area contributed by atoms with Gasteiger partial charge < -0.3 is 10.6 Å². The Bertz CT molecular complexity index is 292. The Hall–Kier alpha value is -1.16. The van der Waals surface area contributed by atoms with Gasteiger partial charge in [-0.1, -0.05) is 13.3 Å². The fourth-order valence-corrected chi connectivity index (χ4v) is 2.00. The first-order chi connectivity index (χ1) is 6.73. The Morgan fingerprint density at radius 2 is 2.36 bits per heavy atom. The Labute approximate surface area is 84.2 Å². The van der Waals surface area contributed by atoms with Crippen LogP contribution in [0.4, 0.5) is 5.82 Å². The van der Waals surface area contributed by atoms with Crippen LogP contribution in [0.1, 0.15) is 19.8 Å². The van der Waals surface area contributed by atoms with E-state index in [1.807, 2.05) is 6.07 Å². The van der Waals surface area contributed by atoms with Crippen LogP contribution in [0, 0.1) is 0 Å². The molecule has 0 radical (unpaired) electrons. The quantitative estimate of drug-likeness (QED) is 0.769. The van der Waals surface area contributed by atoms with E-state index < -0.39 is 0 Å². The average Bonchev–Trinajstić information content (AvgIpc) is 2.16. The van der Waals surface area contributed by atoms with Crippen molar-refractivity contribution in [2.75, 3.05) is 18.0 Å². The summed E-state index contributed by atoms with van der Waals surface area (Å²) in [6.07, 6.45) is 5.58. The third kappa shape index (κ3) is 1.70. The molecule has 2 heterocycles. The number of hydrogen-bond donors (Lipinski definition) is 1. The van der Waals surface area contributed by atoms with E-state index in [0.29, 0.717) is 0 Å². The minimum absolute atomic E-state index is 0.0136. The largest absolute Gasteiger partial charge is 0.353 e. The van der Waals surface area contributed by atoms with E-state index in [9.17, 15) is 0 Å². The first kappa shape index (κ1) is 9.40.